The Labute approximate surface area is 160 Å². The fraction of sp³-hybridized carbons (Fsp3) is 0. The number of nitrogens with one attached hydrogen (secondary N) is 1. The van der Waals surface area contributed by atoms with Crippen molar-refractivity contribution in [3.05, 3.63) is 89.5 Å². The predicted octanol–water partition coefficient (Wildman–Crippen LogP) is 3.08. The fourth-order valence-corrected chi connectivity index (χ4v) is 2.30. The Morgan fingerprint density at radius 1 is 0.929 bits per heavy atom. The van der Waals surface area contributed by atoms with Gasteiger partial charge in [-0.1, -0.05) is 18.2 Å². The summed E-state index contributed by atoms with van der Waals surface area (Å²) >= 11 is 0. The van der Waals surface area contributed by atoms with Gasteiger partial charge in [0.05, 0.1) is 17.3 Å². The van der Waals surface area contributed by atoms with Gasteiger partial charge in [-0.05, 0) is 54.1 Å². The molecule has 0 aromatic heterocycles. The van der Waals surface area contributed by atoms with Crippen LogP contribution in [0.2, 0.25) is 0 Å². The van der Waals surface area contributed by atoms with E-state index in [0.717, 1.165) is 6.07 Å². The Morgan fingerprint density at radius 2 is 1.64 bits per heavy atom. The quantitative estimate of drug-likeness (QED) is 0.274. The van der Waals surface area contributed by atoms with E-state index < -0.39 is 11.9 Å². The van der Waals surface area contributed by atoms with Crippen molar-refractivity contribution < 1.29 is 24.5 Å². The molecule has 0 fully saturated rings. The van der Waals surface area contributed by atoms with Crippen LogP contribution in [0.15, 0.2) is 77.9 Å². The number of amides is 1. The molecule has 0 heterocycles. The van der Waals surface area contributed by atoms with Crippen molar-refractivity contribution in [2.24, 2.45) is 5.10 Å². The number of hydrogen-bond donors (Lipinski definition) is 3. The second-order valence-electron chi connectivity index (χ2n) is 5.73. The third kappa shape index (κ3) is 4.73. The zero-order valence-corrected chi connectivity index (χ0v) is 14.6. The Balaban J connectivity index is 1.58. The molecule has 0 saturated carbocycles. The maximum atomic E-state index is 12.0. The van der Waals surface area contributed by atoms with Crippen LogP contribution in [0, 0.1) is 0 Å². The molecule has 0 bridgehead atoms. The molecule has 140 valence electrons. The van der Waals surface area contributed by atoms with E-state index in [1.54, 1.807) is 48.5 Å². The van der Waals surface area contributed by atoms with Crippen LogP contribution >= 0.6 is 0 Å². The molecule has 0 atom stereocenters. The molecule has 3 aromatic carbocycles. The third-order valence-corrected chi connectivity index (χ3v) is 3.71. The molecule has 3 rings (SSSR count). The number of phenols is 2. The highest BCUT2D eigenvalue weighted by atomic mass is 16.5. The number of esters is 1. The van der Waals surface area contributed by atoms with Gasteiger partial charge in [0.2, 0.25) is 0 Å². The molecule has 0 radical (unpaired) electrons. The molecule has 3 N–H and O–H groups in total. The summed E-state index contributed by atoms with van der Waals surface area (Å²) in [6, 6.07) is 18.8. The Kier molecular flexibility index (Phi) is 5.66. The number of rotatable bonds is 5. The van der Waals surface area contributed by atoms with E-state index in [1.165, 1.54) is 18.3 Å². The number of phenolic OH excluding ortho intramolecular Hbond substituents is 2. The summed E-state index contributed by atoms with van der Waals surface area (Å²) in [5.41, 5.74) is 3.38. The van der Waals surface area contributed by atoms with Crippen molar-refractivity contribution in [1.82, 2.24) is 5.43 Å². The van der Waals surface area contributed by atoms with Crippen LogP contribution in [0.5, 0.6) is 17.2 Å². The van der Waals surface area contributed by atoms with Crippen LogP contribution in [0.4, 0.5) is 0 Å². The van der Waals surface area contributed by atoms with Crippen LogP contribution in [-0.4, -0.2) is 28.3 Å². The first-order valence-corrected chi connectivity index (χ1v) is 8.25. The summed E-state index contributed by atoms with van der Waals surface area (Å²) in [7, 11) is 0. The SMILES string of the molecule is O=C(Oc1ccc(/C=N/NC(=O)c2ccc(O)cc2O)cc1)c1ccccc1. The van der Waals surface area contributed by atoms with Gasteiger partial charge in [0.1, 0.15) is 17.2 Å². The number of benzene rings is 3. The molecule has 0 aliphatic carbocycles. The minimum Gasteiger partial charge on any atom is -0.508 e. The van der Waals surface area contributed by atoms with Crippen molar-refractivity contribution >= 4 is 18.1 Å². The first kappa shape index (κ1) is 18.7. The van der Waals surface area contributed by atoms with Gasteiger partial charge in [0, 0.05) is 6.07 Å². The zero-order valence-electron chi connectivity index (χ0n) is 14.6. The zero-order chi connectivity index (χ0) is 19.9. The minimum atomic E-state index is -0.623. The molecule has 0 unspecified atom stereocenters. The van der Waals surface area contributed by atoms with Crippen molar-refractivity contribution in [3.63, 3.8) is 0 Å². The predicted molar refractivity (Wildman–Crippen MR) is 103 cm³/mol. The van der Waals surface area contributed by atoms with Crippen molar-refractivity contribution in [2.45, 2.75) is 0 Å². The van der Waals surface area contributed by atoms with Crippen LogP contribution in [0.25, 0.3) is 0 Å². The van der Waals surface area contributed by atoms with Crippen molar-refractivity contribution in [2.75, 3.05) is 0 Å². The Hall–Kier alpha value is -4.13. The molecule has 0 aliphatic rings. The van der Waals surface area contributed by atoms with Gasteiger partial charge >= 0.3 is 5.97 Å². The fourth-order valence-electron chi connectivity index (χ4n) is 2.30. The van der Waals surface area contributed by atoms with Crippen molar-refractivity contribution in [1.29, 1.82) is 0 Å². The molecule has 7 nitrogen and oxygen atoms in total. The van der Waals surface area contributed by atoms with Gasteiger partial charge in [-0.2, -0.15) is 5.10 Å². The second kappa shape index (κ2) is 8.50. The number of aromatic hydroxyl groups is 2. The van der Waals surface area contributed by atoms with E-state index in [0.29, 0.717) is 16.9 Å². The average Bonchev–Trinajstić information content (AvgIpc) is 2.70. The highest BCUT2D eigenvalue weighted by molar-refractivity contribution is 5.97. The normalized spacial score (nSPS) is 10.6. The van der Waals surface area contributed by atoms with Gasteiger partial charge in [0.15, 0.2) is 0 Å². The standard InChI is InChI=1S/C21H16N2O5/c24-16-8-11-18(19(25)12-16)20(26)23-22-13-14-6-9-17(10-7-14)28-21(27)15-4-2-1-3-5-15/h1-13,24-25H,(H,23,26)/b22-13+. The Bertz CT molecular complexity index is 1010. The topological polar surface area (TPSA) is 108 Å². The van der Waals surface area contributed by atoms with Gasteiger partial charge in [-0.3, -0.25) is 4.79 Å². The smallest absolute Gasteiger partial charge is 0.343 e. The molecule has 1 amide bonds. The maximum absolute atomic E-state index is 12.0. The van der Waals surface area contributed by atoms with Gasteiger partial charge in [0.25, 0.3) is 5.91 Å². The maximum Gasteiger partial charge on any atom is 0.343 e. The average molecular weight is 376 g/mol. The molecule has 0 spiro atoms. The lowest BCUT2D eigenvalue weighted by Gasteiger charge is -2.05. The van der Waals surface area contributed by atoms with E-state index in [4.69, 9.17) is 4.74 Å². The number of carbonyl (C=O) groups excluding carboxylic acids is 2. The molecule has 0 saturated heterocycles. The molecule has 7 heteroatoms. The van der Waals surface area contributed by atoms with Crippen molar-refractivity contribution in [3.8, 4) is 17.2 Å². The first-order chi connectivity index (χ1) is 13.5. The summed E-state index contributed by atoms with van der Waals surface area (Å²) in [6.45, 7) is 0. The lowest BCUT2D eigenvalue weighted by molar-refractivity contribution is 0.0734. The first-order valence-electron chi connectivity index (χ1n) is 8.25. The number of hydrazone groups is 1. The highest BCUT2D eigenvalue weighted by Crippen LogP contribution is 2.22. The third-order valence-electron chi connectivity index (χ3n) is 3.71. The highest BCUT2D eigenvalue weighted by Gasteiger charge is 2.10. The van der Waals surface area contributed by atoms with E-state index in [2.05, 4.69) is 10.5 Å². The van der Waals surface area contributed by atoms with Gasteiger partial charge in [-0.15, -0.1) is 0 Å². The molecule has 3 aromatic rings. The van der Waals surface area contributed by atoms with Gasteiger partial charge in [-0.25, -0.2) is 10.2 Å². The van der Waals surface area contributed by atoms with E-state index >= 15 is 0 Å². The van der Waals surface area contributed by atoms with Crippen LogP contribution in [-0.2, 0) is 0 Å². The summed E-state index contributed by atoms with van der Waals surface area (Å²) in [6.07, 6.45) is 1.40. The number of nitrogens with zero attached hydrogens (tertiary/aromatic N) is 1. The number of ether oxygens (including phenoxy) is 1. The van der Waals surface area contributed by atoms with E-state index in [1.807, 2.05) is 6.07 Å². The summed E-state index contributed by atoms with van der Waals surface area (Å²) in [4.78, 5) is 24.0. The summed E-state index contributed by atoms with van der Waals surface area (Å²) in [5, 5.41) is 22.7. The van der Waals surface area contributed by atoms with Crippen LogP contribution < -0.4 is 10.2 Å². The minimum absolute atomic E-state index is 0.0156. The van der Waals surface area contributed by atoms with E-state index in [-0.39, 0.29) is 17.1 Å². The second-order valence-corrected chi connectivity index (χ2v) is 5.73. The Morgan fingerprint density at radius 3 is 2.32 bits per heavy atom. The lowest BCUT2D eigenvalue weighted by Crippen LogP contribution is -2.17. The number of hydrogen-bond acceptors (Lipinski definition) is 6. The van der Waals surface area contributed by atoms with Gasteiger partial charge < -0.3 is 14.9 Å². The lowest BCUT2D eigenvalue weighted by atomic mass is 10.2. The molecular formula is C21H16N2O5. The molecule has 28 heavy (non-hydrogen) atoms. The van der Waals surface area contributed by atoms with Crippen LogP contribution in [0.1, 0.15) is 26.3 Å². The molecular weight excluding hydrogens is 360 g/mol. The number of carbonyl (C=O) groups is 2. The molecule has 0 aliphatic heterocycles. The largest absolute Gasteiger partial charge is 0.508 e. The van der Waals surface area contributed by atoms with E-state index in [9.17, 15) is 19.8 Å². The summed E-state index contributed by atoms with van der Waals surface area (Å²) < 4.78 is 5.28. The van der Waals surface area contributed by atoms with Crippen LogP contribution in [0.3, 0.4) is 0 Å². The monoisotopic (exact) mass is 376 g/mol. The summed E-state index contributed by atoms with van der Waals surface area (Å²) in [5.74, 6) is -1.20.